The summed E-state index contributed by atoms with van der Waals surface area (Å²) in [6.07, 6.45) is 8.63. The zero-order valence-electron chi connectivity index (χ0n) is 13.4. The van der Waals surface area contributed by atoms with E-state index in [9.17, 15) is 5.11 Å². The highest BCUT2D eigenvalue weighted by Crippen LogP contribution is 2.70. The van der Waals surface area contributed by atoms with Gasteiger partial charge in [0.05, 0.1) is 6.10 Å². The van der Waals surface area contributed by atoms with Crippen molar-refractivity contribution in [3.05, 3.63) is 35.9 Å². The second-order valence-corrected chi connectivity index (χ2v) is 9.20. The minimum atomic E-state index is -0.165. The fraction of sp³-hybridized carbons (Fsp3) is 0.700. The summed E-state index contributed by atoms with van der Waals surface area (Å²) >= 11 is 0. The Morgan fingerprint density at radius 1 is 1.00 bits per heavy atom. The van der Waals surface area contributed by atoms with Gasteiger partial charge in [0.25, 0.3) is 0 Å². The number of rotatable bonds is 3. The standard InChI is InChI=1S/C20H28O/c1-18-9-16-10-19(2,12-18)14-20(11-16,13-18)17(21)8-15-6-4-3-5-7-15/h3-7,16-17,21H,8-14H2,1-2H3. The molecule has 1 N–H and O–H groups in total. The molecule has 0 heterocycles. The number of benzene rings is 1. The molecule has 3 unspecified atom stereocenters. The Kier molecular flexibility index (Phi) is 2.86. The molecule has 0 radical (unpaired) electrons. The lowest BCUT2D eigenvalue weighted by Crippen LogP contribution is -2.59. The van der Waals surface area contributed by atoms with Crippen LogP contribution in [0.3, 0.4) is 0 Å². The van der Waals surface area contributed by atoms with Crippen molar-refractivity contribution in [3.63, 3.8) is 0 Å². The molecule has 21 heavy (non-hydrogen) atoms. The van der Waals surface area contributed by atoms with Gasteiger partial charge in [0.15, 0.2) is 0 Å². The smallest absolute Gasteiger partial charge is 0.0637 e. The van der Waals surface area contributed by atoms with Crippen molar-refractivity contribution < 1.29 is 5.11 Å². The lowest BCUT2D eigenvalue weighted by atomic mass is 9.39. The first-order valence-electron chi connectivity index (χ1n) is 8.63. The van der Waals surface area contributed by atoms with Gasteiger partial charge in [-0.1, -0.05) is 44.2 Å². The molecule has 1 aromatic carbocycles. The number of aliphatic hydroxyl groups is 1. The van der Waals surface area contributed by atoms with Crippen LogP contribution in [-0.2, 0) is 6.42 Å². The predicted molar refractivity (Wildman–Crippen MR) is 86.0 cm³/mol. The van der Waals surface area contributed by atoms with E-state index in [4.69, 9.17) is 0 Å². The maximum Gasteiger partial charge on any atom is 0.0637 e. The molecular formula is C20H28O. The Balaban J connectivity index is 1.62. The number of hydrogen-bond donors (Lipinski definition) is 1. The molecule has 4 saturated carbocycles. The van der Waals surface area contributed by atoms with Crippen LogP contribution in [0.4, 0.5) is 0 Å². The van der Waals surface area contributed by atoms with Crippen LogP contribution in [0.2, 0.25) is 0 Å². The van der Waals surface area contributed by atoms with Gasteiger partial charge in [-0.3, -0.25) is 0 Å². The fourth-order valence-electron chi connectivity index (χ4n) is 6.96. The van der Waals surface area contributed by atoms with E-state index in [-0.39, 0.29) is 11.5 Å². The van der Waals surface area contributed by atoms with E-state index in [2.05, 4.69) is 44.2 Å². The minimum Gasteiger partial charge on any atom is -0.392 e. The quantitative estimate of drug-likeness (QED) is 0.861. The molecule has 1 nitrogen and oxygen atoms in total. The maximum atomic E-state index is 11.1. The van der Waals surface area contributed by atoms with Crippen LogP contribution in [0.25, 0.3) is 0 Å². The lowest BCUT2D eigenvalue weighted by Gasteiger charge is -2.66. The van der Waals surface area contributed by atoms with Crippen LogP contribution < -0.4 is 0 Å². The first-order chi connectivity index (χ1) is 9.91. The van der Waals surface area contributed by atoms with Crippen molar-refractivity contribution in [1.82, 2.24) is 0 Å². The monoisotopic (exact) mass is 284 g/mol. The summed E-state index contributed by atoms with van der Waals surface area (Å²) in [4.78, 5) is 0. The van der Waals surface area contributed by atoms with Crippen LogP contribution in [-0.4, -0.2) is 11.2 Å². The van der Waals surface area contributed by atoms with E-state index in [1.54, 1.807) is 0 Å². The van der Waals surface area contributed by atoms with Crippen LogP contribution in [0.5, 0.6) is 0 Å². The molecule has 4 aliphatic carbocycles. The third-order valence-corrected chi connectivity index (χ3v) is 6.65. The molecule has 0 aromatic heterocycles. The van der Waals surface area contributed by atoms with Crippen molar-refractivity contribution in [2.45, 2.75) is 64.9 Å². The molecule has 5 rings (SSSR count). The summed E-state index contributed by atoms with van der Waals surface area (Å²) in [6, 6.07) is 10.6. The Bertz CT molecular complexity index is 516. The van der Waals surface area contributed by atoms with Crippen molar-refractivity contribution in [1.29, 1.82) is 0 Å². The van der Waals surface area contributed by atoms with E-state index >= 15 is 0 Å². The van der Waals surface area contributed by atoms with Crippen LogP contribution in [0, 0.1) is 22.2 Å². The molecular weight excluding hydrogens is 256 g/mol. The molecule has 0 spiro atoms. The van der Waals surface area contributed by atoms with Gasteiger partial charge in [-0.2, -0.15) is 0 Å². The number of aliphatic hydroxyl groups excluding tert-OH is 1. The van der Waals surface area contributed by atoms with E-state index < -0.39 is 0 Å². The maximum absolute atomic E-state index is 11.1. The molecule has 1 aromatic rings. The number of hydrogen-bond acceptors (Lipinski definition) is 1. The fourth-order valence-corrected chi connectivity index (χ4v) is 6.96. The predicted octanol–water partition coefficient (Wildman–Crippen LogP) is 4.59. The molecule has 0 aliphatic heterocycles. The van der Waals surface area contributed by atoms with Gasteiger partial charge in [0.2, 0.25) is 0 Å². The lowest BCUT2D eigenvalue weighted by molar-refractivity contribution is -0.184. The van der Waals surface area contributed by atoms with Gasteiger partial charge in [-0.05, 0) is 72.7 Å². The normalized spacial score (nSPS) is 45.8. The average Bonchev–Trinajstić information content (AvgIpc) is 2.35. The second kappa shape index (κ2) is 4.35. The summed E-state index contributed by atoms with van der Waals surface area (Å²) in [5.74, 6) is 0.863. The Hall–Kier alpha value is -0.820. The van der Waals surface area contributed by atoms with E-state index in [1.807, 2.05) is 0 Å². The molecule has 0 amide bonds. The summed E-state index contributed by atoms with van der Waals surface area (Å²) in [6.45, 7) is 4.97. The van der Waals surface area contributed by atoms with Gasteiger partial charge in [0.1, 0.15) is 0 Å². The van der Waals surface area contributed by atoms with Gasteiger partial charge in [-0.25, -0.2) is 0 Å². The van der Waals surface area contributed by atoms with Crippen LogP contribution >= 0.6 is 0 Å². The summed E-state index contributed by atoms with van der Waals surface area (Å²) in [5.41, 5.74) is 2.47. The SMILES string of the molecule is CC12CC3CC(C)(C1)CC(C(O)Cc1ccccc1)(C3)C2. The van der Waals surface area contributed by atoms with E-state index in [0.717, 1.165) is 12.3 Å². The van der Waals surface area contributed by atoms with Crippen LogP contribution in [0.1, 0.15) is 57.9 Å². The van der Waals surface area contributed by atoms with E-state index in [1.165, 1.54) is 44.1 Å². The summed E-state index contributed by atoms with van der Waals surface area (Å²) in [5, 5.41) is 11.1. The summed E-state index contributed by atoms with van der Waals surface area (Å²) in [7, 11) is 0. The molecule has 0 saturated heterocycles. The Morgan fingerprint density at radius 2 is 1.62 bits per heavy atom. The first-order valence-corrected chi connectivity index (χ1v) is 8.63. The third-order valence-electron chi connectivity index (χ3n) is 6.65. The van der Waals surface area contributed by atoms with Crippen molar-refractivity contribution >= 4 is 0 Å². The largest absolute Gasteiger partial charge is 0.392 e. The van der Waals surface area contributed by atoms with Crippen molar-refractivity contribution in [2.75, 3.05) is 0 Å². The van der Waals surface area contributed by atoms with Crippen molar-refractivity contribution in [3.8, 4) is 0 Å². The molecule has 4 fully saturated rings. The highest BCUT2D eigenvalue weighted by atomic mass is 16.3. The highest BCUT2D eigenvalue weighted by molar-refractivity contribution is 5.19. The Labute approximate surface area is 128 Å². The zero-order valence-corrected chi connectivity index (χ0v) is 13.4. The Morgan fingerprint density at radius 3 is 2.19 bits per heavy atom. The zero-order chi connectivity index (χ0) is 14.7. The first kappa shape index (κ1) is 13.8. The molecule has 1 heteroatoms. The van der Waals surface area contributed by atoms with Gasteiger partial charge in [-0.15, -0.1) is 0 Å². The van der Waals surface area contributed by atoms with Crippen molar-refractivity contribution in [2.24, 2.45) is 22.2 Å². The molecule has 114 valence electrons. The summed E-state index contributed by atoms with van der Waals surface area (Å²) < 4.78 is 0. The topological polar surface area (TPSA) is 20.2 Å². The minimum absolute atomic E-state index is 0.165. The molecule has 4 aliphatic rings. The highest BCUT2D eigenvalue weighted by Gasteiger charge is 2.61. The molecule has 3 atom stereocenters. The van der Waals surface area contributed by atoms with Gasteiger partial charge >= 0.3 is 0 Å². The average molecular weight is 284 g/mol. The third kappa shape index (κ3) is 2.25. The van der Waals surface area contributed by atoms with Crippen LogP contribution in [0.15, 0.2) is 30.3 Å². The van der Waals surface area contributed by atoms with E-state index in [0.29, 0.717) is 10.8 Å². The molecule has 4 bridgehead atoms. The van der Waals surface area contributed by atoms with Gasteiger partial charge in [0, 0.05) is 0 Å². The van der Waals surface area contributed by atoms with Gasteiger partial charge < -0.3 is 5.11 Å². The second-order valence-electron chi connectivity index (χ2n) is 9.20.